The molecule has 0 radical (unpaired) electrons. The van der Waals surface area contributed by atoms with Gasteiger partial charge >= 0.3 is 7.60 Å². The normalized spacial score (nSPS) is 12.1. The molecule has 0 aliphatic carbocycles. The van der Waals surface area contributed by atoms with E-state index < -0.39 is 7.60 Å². The van der Waals surface area contributed by atoms with Crippen molar-refractivity contribution >= 4 is 34.7 Å². The topological polar surface area (TPSA) is 62.5 Å². The summed E-state index contributed by atoms with van der Waals surface area (Å²) < 4.78 is 13.9. The monoisotopic (exact) mass is 379 g/mol. The second-order valence-corrected chi connectivity index (χ2v) is 8.41. The van der Waals surface area contributed by atoms with E-state index in [9.17, 15) is 14.4 Å². The molecule has 4 aromatic rings. The zero-order valence-corrected chi connectivity index (χ0v) is 16.3. The fourth-order valence-corrected chi connectivity index (χ4v) is 4.22. The minimum absolute atomic E-state index is 0.0355. The van der Waals surface area contributed by atoms with Gasteiger partial charge in [-0.05, 0) is 54.3 Å². The highest BCUT2D eigenvalue weighted by Gasteiger charge is 2.19. The minimum Gasteiger partial charge on any atom is -0.321 e. The predicted octanol–water partition coefficient (Wildman–Crippen LogP) is 4.71. The molecule has 0 spiro atoms. The first kappa shape index (κ1) is 18.0. The van der Waals surface area contributed by atoms with Crippen LogP contribution in [0.4, 0.5) is 0 Å². The van der Waals surface area contributed by atoms with E-state index in [0.717, 1.165) is 40.3 Å². The van der Waals surface area contributed by atoms with Gasteiger partial charge in [0.25, 0.3) is 0 Å². The molecule has 1 aromatic heterocycles. The van der Waals surface area contributed by atoms with Gasteiger partial charge in [-0.3, -0.25) is 4.57 Å². The van der Waals surface area contributed by atoms with Crippen LogP contribution >= 0.6 is 7.60 Å². The van der Waals surface area contributed by atoms with Crippen LogP contribution in [0.25, 0.3) is 27.5 Å². The molecule has 5 heteroatoms. The average Bonchev–Trinajstić information content (AvgIpc) is 2.99. The summed E-state index contributed by atoms with van der Waals surface area (Å²) in [6, 6.07) is 19.6. The van der Waals surface area contributed by atoms with Crippen LogP contribution in [0, 0.1) is 0 Å². The molecule has 27 heavy (non-hydrogen) atoms. The highest BCUT2D eigenvalue weighted by molar-refractivity contribution is 7.60. The van der Waals surface area contributed by atoms with Gasteiger partial charge in [0.1, 0.15) is 0 Å². The number of aryl methyl sites for hydroxylation is 2. The maximum absolute atomic E-state index is 11.8. The van der Waals surface area contributed by atoms with E-state index in [1.165, 1.54) is 17.2 Å². The SMILES string of the molecule is CCc1ccc2c3ccc(CC)cc3n(-c3cccc(P(=O)(O)O)c3)c2c1. The zero-order chi connectivity index (χ0) is 19.2. The van der Waals surface area contributed by atoms with Crippen LogP contribution in [0.5, 0.6) is 0 Å². The van der Waals surface area contributed by atoms with Crippen molar-refractivity contribution in [1.82, 2.24) is 4.57 Å². The Hall–Kier alpha value is -2.39. The van der Waals surface area contributed by atoms with Gasteiger partial charge in [-0.1, -0.05) is 44.2 Å². The van der Waals surface area contributed by atoms with E-state index in [2.05, 4.69) is 54.8 Å². The van der Waals surface area contributed by atoms with Crippen molar-refractivity contribution < 1.29 is 14.4 Å². The number of fused-ring (bicyclic) bond motifs is 3. The molecule has 0 aliphatic heterocycles. The molecule has 0 aliphatic rings. The average molecular weight is 379 g/mol. The molecule has 0 saturated heterocycles. The van der Waals surface area contributed by atoms with Gasteiger partial charge < -0.3 is 14.4 Å². The van der Waals surface area contributed by atoms with Gasteiger partial charge in [-0.15, -0.1) is 0 Å². The van der Waals surface area contributed by atoms with Crippen molar-refractivity contribution in [3.05, 3.63) is 71.8 Å². The third-order valence-corrected chi connectivity index (χ3v) is 6.09. The van der Waals surface area contributed by atoms with Crippen LogP contribution in [-0.2, 0) is 17.4 Å². The first-order valence-electron chi connectivity index (χ1n) is 9.15. The summed E-state index contributed by atoms with van der Waals surface area (Å²) in [5.74, 6) is 0. The van der Waals surface area contributed by atoms with E-state index in [-0.39, 0.29) is 5.30 Å². The molecule has 0 fully saturated rings. The zero-order valence-electron chi connectivity index (χ0n) is 15.4. The van der Waals surface area contributed by atoms with Gasteiger partial charge in [0, 0.05) is 16.5 Å². The summed E-state index contributed by atoms with van der Waals surface area (Å²) in [5, 5.41) is 2.33. The molecule has 0 atom stereocenters. The van der Waals surface area contributed by atoms with Gasteiger partial charge in [0.05, 0.1) is 16.3 Å². The second-order valence-electron chi connectivity index (χ2n) is 6.81. The lowest BCUT2D eigenvalue weighted by atomic mass is 10.1. The molecule has 3 aromatic carbocycles. The Bertz CT molecular complexity index is 1140. The number of nitrogens with zero attached hydrogens (tertiary/aromatic N) is 1. The molecular weight excluding hydrogens is 357 g/mol. The van der Waals surface area contributed by atoms with Crippen molar-refractivity contribution in [2.75, 3.05) is 0 Å². The molecule has 138 valence electrons. The van der Waals surface area contributed by atoms with Crippen LogP contribution in [0.3, 0.4) is 0 Å². The Balaban J connectivity index is 2.12. The summed E-state index contributed by atoms with van der Waals surface area (Å²) in [6.07, 6.45) is 1.86. The van der Waals surface area contributed by atoms with Crippen molar-refractivity contribution in [2.24, 2.45) is 0 Å². The Morgan fingerprint density at radius 2 is 1.37 bits per heavy atom. The Kier molecular flexibility index (Phi) is 4.43. The summed E-state index contributed by atoms with van der Waals surface area (Å²) >= 11 is 0. The summed E-state index contributed by atoms with van der Waals surface area (Å²) in [5.41, 5.74) is 5.33. The van der Waals surface area contributed by atoms with Crippen molar-refractivity contribution in [1.29, 1.82) is 0 Å². The lowest BCUT2D eigenvalue weighted by Gasteiger charge is -2.11. The largest absolute Gasteiger partial charge is 0.356 e. The maximum atomic E-state index is 11.8. The van der Waals surface area contributed by atoms with Crippen LogP contribution in [0.1, 0.15) is 25.0 Å². The number of hydrogen-bond acceptors (Lipinski definition) is 1. The van der Waals surface area contributed by atoms with Gasteiger partial charge in [-0.2, -0.15) is 0 Å². The van der Waals surface area contributed by atoms with Crippen molar-refractivity contribution in [3.63, 3.8) is 0 Å². The third kappa shape index (κ3) is 3.10. The highest BCUT2D eigenvalue weighted by atomic mass is 31.2. The maximum Gasteiger partial charge on any atom is 0.356 e. The highest BCUT2D eigenvalue weighted by Crippen LogP contribution is 2.36. The van der Waals surface area contributed by atoms with Gasteiger partial charge in [-0.25, -0.2) is 0 Å². The van der Waals surface area contributed by atoms with Crippen LogP contribution < -0.4 is 5.30 Å². The molecule has 0 unspecified atom stereocenters. The second kappa shape index (κ2) is 6.65. The van der Waals surface area contributed by atoms with E-state index in [1.54, 1.807) is 12.1 Å². The lowest BCUT2D eigenvalue weighted by Crippen LogP contribution is -2.06. The fourth-order valence-electron chi connectivity index (χ4n) is 3.64. The molecule has 4 rings (SSSR count). The summed E-state index contributed by atoms with van der Waals surface area (Å²) in [7, 11) is -4.31. The first-order chi connectivity index (χ1) is 12.9. The van der Waals surface area contributed by atoms with Crippen LogP contribution in [0.2, 0.25) is 0 Å². The number of rotatable bonds is 4. The molecule has 0 saturated carbocycles. The summed E-state index contributed by atoms with van der Waals surface area (Å²) in [4.78, 5) is 19.2. The minimum atomic E-state index is -4.31. The van der Waals surface area contributed by atoms with Crippen molar-refractivity contribution in [3.8, 4) is 5.69 Å². The number of aromatic nitrogens is 1. The van der Waals surface area contributed by atoms with Gasteiger partial charge in [0.15, 0.2) is 0 Å². The number of hydrogen-bond donors (Lipinski definition) is 2. The predicted molar refractivity (Wildman–Crippen MR) is 111 cm³/mol. The third-order valence-electron chi connectivity index (χ3n) is 5.14. The van der Waals surface area contributed by atoms with Crippen LogP contribution in [0.15, 0.2) is 60.7 Å². The molecule has 1 heterocycles. The van der Waals surface area contributed by atoms with E-state index in [0.29, 0.717) is 0 Å². The lowest BCUT2D eigenvalue weighted by molar-refractivity contribution is 0.387. The van der Waals surface area contributed by atoms with Gasteiger partial charge in [0.2, 0.25) is 0 Å². The van der Waals surface area contributed by atoms with Crippen LogP contribution in [-0.4, -0.2) is 14.4 Å². The molecule has 2 N–H and O–H groups in total. The summed E-state index contributed by atoms with van der Waals surface area (Å²) in [6.45, 7) is 4.25. The fraction of sp³-hybridized carbons (Fsp3) is 0.182. The smallest absolute Gasteiger partial charge is 0.321 e. The molecule has 4 nitrogen and oxygen atoms in total. The Morgan fingerprint density at radius 1 is 0.815 bits per heavy atom. The standard InChI is InChI=1S/C22H22NO3P/c1-3-15-8-10-19-20-11-9-16(4-2)13-22(20)23(21(19)12-15)17-6-5-7-18(14-17)27(24,25)26/h5-14H,3-4H2,1-2H3,(H2,24,25,26). The first-order valence-corrected chi connectivity index (χ1v) is 10.8. The number of benzene rings is 3. The Labute approximate surface area is 158 Å². The molecule has 0 amide bonds. The van der Waals surface area contributed by atoms with E-state index in [1.807, 2.05) is 6.07 Å². The molecule has 0 bridgehead atoms. The van der Waals surface area contributed by atoms with Crippen molar-refractivity contribution in [2.45, 2.75) is 26.7 Å². The molecular formula is C22H22NO3P. The van der Waals surface area contributed by atoms with E-state index in [4.69, 9.17) is 0 Å². The Morgan fingerprint density at radius 3 is 1.85 bits per heavy atom. The van der Waals surface area contributed by atoms with E-state index >= 15 is 0 Å². The quantitative estimate of drug-likeness (QED) is 0.505.